The summed E-state index contributed by atoms with van der Waals surface area (Å²) in [5, 5.41) is 20.0. The number of nitro benzene ring substituents is 1. The number of nitrogens with zero attached hydrogens (tertiary/aromatic N) is 2. The standard InChI is InChI=1S/C13H6BrClN2O3/c14-10-5-8(7-16)1-3-12(10)20-13-4-2-9(15)6-11(13)17(18)19/h1-6H. The quantitative estimate of drug-likeness (QED) is 0.593. The van der Waals surface area contributed by atoms with E-state index in [0.29, 0.717) is 15.8 Å². The lowest BCUT2D eigenvalue weighted by Crippen LogP contribution is -1.94. The van der Waals surface area contributed by atoms with E-state index in [-0.39, 0.29) is 16.5 Å². The molecule has 5 nitrogen and oxygen atoms in total. The number of nitro groups is 1. The Kier molecular flexibility index (Phi) is 4.23. The number of hydrogen-bond donors (Lipinski definition) is 0. The fourth-order valence-corrected chi connectivity index (χ4v) is 2.12. The zero-order valence-corrected chi connectivity index (χ0v) is 12.2. The van der Waals surface area contributed by atoms with Gasteiger partial charge in [0.15, 0.2) is 0 Å². The van der Waals surface area contributed by atoms with Crippen molar-refractivity contribution in [2.45, 2.75) is 0 Å². The van der Waals surface area contributed by atoms with Gasteiger partial charge in [0.2, 0.25) is 5.75 Å². The zero-order chi connectivity index (χ0) is 14.7. The molecule has 0 spiro atoms. The SMILES string of the molecule is N#Cc1ccc(Oc2ccc(Cl)cc2[N+](=O)[O-])c(Br)c1. The fraction of sp³-hybridized carbons (Fsp3) is 0. The lowest BCUT2D eigenvalue weighted by atomic mass is 10.2. The predicted molar refractivity (Wildman–Crippen MR) is 77.0 cm³/mol. The topological polar surface area (TPSA) is 76.2 Å². The second-order valence-electron chi connectivity index (χ2n) is 3.73. The summed E-state index contributed by atoms with van der Waals surface area (Å²) in [6.45, 7) is 0. The molecule has 0 aliphatic heterocycles. The molecule has 0 N–H and O–H groups in total. The van der Waals surface area contributed by atoms with E-state index in [9.17, 15) is 10.1 Å². The van der Waals surface area contributed by atoms with Crippen LogP contribution in [0.15, 0.2) is 40.9 Å². The summed E-state index contributed by atoms with van der Waals surface area (Å²) >= 11 is 8.98. The summed E-state index contributed by atoms with van der Waals surface area (Å²) in [5.74, 6) is 0.444. The highest BCUT2D eigenvalue weighted by molar-refractivity contribution is 9.10. The number of rotatable bonds is 3. The first-order valence-electron chi connectivity index (χ1n) is 5.32. The molecule has 0 heterocycles. The molecule has 0 saturated carbocycles. The molecule has 2 aromatic carbocycles. The van der Waals surface area contributed by atoms with Gasteiger partial charge in [-0.2, -0.15) is 5.26 Å². The van der Waals surface area contributed by atoms with Gasteiger partial charge in [-0.1, -0.05) is 11.6 Å². The molecule has 0 aliphatic rings. The van der Waals surface area contributed by atoms with E-state index in [1.54, 1.807) is 18.2 Å². The Balaban J connectivity index is 2.40. The van der Waals surface area contributed by atoms with Crippen LogP contribution >= 0.6 is 27.5 Å². The zero-order valence-electron chi connectivity index (χ0n) is 9.84. The van der Waals surface area contributed by atoms with Crippen LogP contribution < -0.4 is 4.74 Å². The normalized spacial score (nSPS) is 9.85. The third-order valence-electron chi connectivity index (χ3n) is 2.40. The summed E-state index contributed by atoms with van der Waals surface area (Å²) in [7, 11) is 0. The molecular formula is C13H6BrClN2O3. The van der Waals surface area contributed by atoms with Gasteiger partial charge in [0.05, 0.1) is 21.0 Å². The highest BCUT2D eigenvalue weighted by atomic mass is 79.9. The number of halogens is 2. The Bertz CT molecular complexity index is 728. The molecule has 2 rings (SSSR count). The van der Waals surface area contributed by atoms with Crippen molar-refractivity contribution in [3.63, 3.8) is 0 Å². The molecular weight excluding hydrogens is 348 g/mol. The summed E-state index contributed by atoms with van der Waals surface area (Å²) in [6, 6.07) is 10.8. The predicted octanol–water partition coefficient (Wildman–Crippen LogP) is 4.67. The van der Waals surface area contributed by atoms with Gasteiger partial charge in [0, 0.05) is 11.1 Å². The molecule has 0 amide bonds. The van der Waals surface area contributed by atoms with Gasteiger partial charge in [0.25, 0.3) is 0 Å². The third kappa shape index (κ3) is 3.07. The van der Waals surface area contributed by atoms with Crippen molar-refractivity contribution in [3.8, 4) is 17.6 Å². The monoisotopic (exact) mass is 352 g/mol. The van der Waals surface area contributed by atoms with E-state index in [1.165, 1.54) is 18.2 Å². The Morgan fingerprint density at radius 2 is 1.95 bits per heavy atom. The highest BCUT2D eigenvalue weighted by Crippen LogP contribution is 2.36. The van der Waals surface area contributed by atoms with Crippen LogP contribution in [0.2, 0.25) is 5.02 Å². The summed E-state index contributed by atoms with van der Waals surface area (Å²) < 4.78 is 6.03. The Hall–Kier alpha value is -2.10. The van der Waals surface area contributed by atoms with Crippen LogP contribution in [0, 0.1) is 21.4 Å². The minimum absolute atomic E-state index is 0.0739. The maximum Gasteiger partial charge on any atom is 0.313 e. The van der Waals surface area contributed by atoms with Crippen LogP contribution in [0.4, 0.5) is 5.69 Å². The van der Waals surface area contributed by atoms with Crippen molar-refractivity contribution in [2.75, 3.05) is 0 Å². The van der Waals surface area contributed by atoms with Crippen molar-refractivity contribution in [3.05, 3.63) is 61.6 Å². The summed E-state index contributed by atoms with van der Waals surface area (Å²) in [6.07, 6.45) is 0. The number of ether oxygens (including phenoxy) is 1. The van der Waals surface area contributed by atoms with Crippen LogP contribution in [-0.2, 0) is 0 Å². The summed E-state index contributed by atoms with van der Waals surface area (Å²) in [5.41, 5.74) is 0.226. The first-order chi connectivity index (χ1) is 9.51. The minimum atomic E-state index is -0.571. The maximum atomic E-state index is 11.0. The van der Waals surface area contributed by atoms with E-state index in [0.717, 1.165) is 0 Å². The van der Waals surface area contributed by atoms with E-state index in [4.69, 9.17) is 21.6 Å². The maximum absolute atomic E-state index is 11.0. The average molecular weight is 354 g/mol. The van der Waals surface area contributed by atoms with E-state index in [1.807, 2.05) is 6.07 Å². The second kappa shape index (κ2) is 5.90. The molecule has 0 fully saturated rings. The molecule has 2 aromatic rings. The Morgan fingerprint density at radius 1 is 1.25 bits per heavy atom. The molecule has 100 valence electrons. The lowest BCUT2D eigenvalue weighted by Gasteiger charge is -2.08. The second-order valence-corrected chi connectivity index (χ2v) is 5.02. The van der Waals surface area contributed by atoms with Crippen molar-refractivity contribution in [1.82, 2.24) is 0 Å². The van der Waals surface area contributed by atoms with Gasteiger partial charge in [-0.3, -0.25) is 10.1 Å². The highest BCUT2D eigenvalue weighted by Gasteiger charge is 2.17. The van der Waals surface area contributed by atoms with E-state index >= 15 is 0 Å². The summed E-state index contributed by atoms with van der Waals surface area (Å²) in [4.78, 5) is 10.4. The molecule has 20 heavy (non-hydrogen) atoms. The van der Waals surface area contributed by atoms with Gasteiger partial charge in [-0.25, -0.2) is 0 Å². The van der Waals surface area contributed by atoms with Crippen LogP contribution in [0.5, 0.6) is 11.5 Å². The molecule has 0 bridgehead atoms. The molecule has 0 aromatic heterocycles. The van der Waals surface area contributed by atoms with Gasteiger partial charge in [0.1, 0.15) is 5.75 Å². The van der Waals surface area contributed by atoms with Crippen molar-refractivity contribution >= 4 is 33.2 Å². The number of hydrogen-bond acceptors (Lipinski definition) is 4. The lowest BCUT2D eigenvalue weighted by molar-refractivity contribution is -0.385. The van der Waals surface area contributed by atoms with Gasteiger partial charge < -0.3 is 4.74 Å². The van der Waals surface area contributed by atoms with Crippen LogP contribution in [0.25, 0.3) is 0 Å². The molecule has 7 heteroatoms. The Labute approximate surface area is 127 Å². The van der Waals surface area contributed by atoms with Crippen molar-refractivity contribution in [1.29, 1.82) is 5.26 Å². The van der Waals surface area contributed by atoms with Gasteiger partial charge >= 0.3 is 5.69 Å². The first kappa shape index (κ1) is 14.3. The average Bonchev–Trinajstić information content (AvgIpc) is 2.42. The Morgan fingerprint density at radius 3 is 2.55 bits per heavy atom. The molecule has 0 aliphatic carbocycles. The van der Waals surface area contributed by atoms with Gasteiger partial charge in [-0.15, -0.1) is 0 Å². The van der Waals surface area contributed by atoms with Crippen LogP contribution in [0.1, 0.15) is 5.56 Å². The number of benzene rings is 2. The third-order valence-corrected chi connectivity index (χ3v) is 3.25. The minimum Gasteiger partial charge on any atom is -0.449 e. The van der Waals surface area contributed by atoms with Crippen molar-refractivity contribution in [2.24, 2.45) is 0 Å². The van der Waals surface area contributed by atoms with E-state index in [2.05, 4.69) is 15.9 Å². The molecule has 0 atom stereocenters. The fourth-order valence-electron chi connectivity index (χ4n) is 1.49. The van der Waals surface area contributed by atoms with Gasteiger partial charge in [-0.05, 0) is 46.3 Å². The number of nitriles is 1. The molecule has 0 saturated heterocycles. The van der Waals surface area contributed by atoms with E-state index < -0.39 is 4.92 Å². The van der Waals surface area contributed by atoms with Crippen LogP contribution in [-0.4, -0.2) is 4.92 Å². The largest absolute Gasteiger partial charge is 0.449 e. The molecule has 0 radical (unpaired) electrons. The first-order valence-corrected chi connectivity index (χ1v) is 6.50. The van der Waals surface area contributed by atoms with Crippen LogP contribution in [0.3, 0.4) is 0 Å². The smallest absolute Gasteiger partial charge is 0.313 e. The molecule has 0 unspecified atom stereocenters. The van der Waals surface area contributed by atoms with Crippen molar-refractivity contribution < 1.29 is 9.66 Å².